The molecule has 2 aromatic rings. The number of hydrogen-bond acceptors (Lipinski definition) is 3. The van der Waals surface area contributed by atoms with Crippen molar-refractivity contribution in [3.05, 3.63) is 65.2 Å². The van der Waals surface area contributed by atoms with Gasteiger partial charge in [0.15, 0.2) is 11.6 Å². The number of anilines is 1. The van der Waals surface area contributed by atoms with Gasteiger partial charge in [-0.05, 0) is 42.7 Å². The molecule has 0 bridgehead atoms. The van der Waals surface area contributed by atoms with E-state index in [2.05, 4.69) is 5.32 Å². The van der Waals surface area contributed by atoms with Crippen molar-refractivity contribution >= 4 is 23.5 Å². The average Bonchev–Trinajstić information content (AvgIpc) is 3.19. The van der Waals surface area contributed by atoms with Crippen molar-refractivity contribution in [3.8, 4) is 0 Å². The van der Waals surface area contributed by atoms with E-state index in [0.29, 0.717) is 13.0 Å². The summed E-state index contributed by atoms with van der Waals surface area (Å²) in [6.45, 7) is 1.44. The first-order valence-corrected chi connectivity index (χ1v) is 8.79. The molecule has 1 saturated heterocycles. The van der Waals surface area contributed by atoms with Gasteiger partial charge in [-0.15, -0.1) is 0 Å². The first kappa shape index (κ1) is 18.1. The van der Waals surface area contributed by atoms with Crippen LogP contribution in [0.4, 0.5) is 19.3 Å². The van der Waals surface area contributed by atoms with Crippen LogP contribution in [0.25, 0.3) is 0 Å². The molecule has 4 amide bonds. The van der Waals surface area contributed by atoms with Gasteiger partial charge in [0.2, 0.25) is 5.91 Å². The number of halogens is 2. The van der Waals surface area contributed by atoms with E-state index in [4.69, 9.17) is 0 Å². The number of hydrogen-bond donors (Lipinski definition) is 1. The summed E-state index contributed by atoms with van der Waals surface area (Å²) < 4.78 is 26.8. The van der Waals surface area contributed by atoms with Gasteiger partial charge in [0, 0.05) is 12.2 Å². The lowest BCUT2D eigenvalue weighted by atomic mass is 9.92. The van der Waals surface area contributed by atoms with Crippen LogP contribution in [0, 0.1) is 11.6 Å². The number of carbonyl (C=O) groups is 3. The Labute approximate surface area is 159 Å². The fourth-order valence-corrected chi connectivity index (χ4v) is 3.66. The fourth-order valence-electron chi connectivity index (χ4n) is 3.66. The molecule has 6 nitrogen and oxygen atoms in total. The van der Waals surface area contributed by atoms with Crippen LogP contribution in [-0.4, -0.2) is 35.8 Å². The van der Waals surface area contributed by atoms with E-state index in [1.54, 1.807) is 4.90 Å². The number of para-hydroxylation sites is 1. The van der Waals surface area contributed by atoms with Gasteiger partial charge < -0.3 is 10.2 Å². The molecule has 1 atom stereocenters. The molecule has 144 valence electrons. The van der Waals surface area contributed by atoms with Crippen LogP contribution in [0.1, 0.15) is 18.1 Å². The first-order chi connectivity index (χ1) is 13.3. The third kappa shape index (κ3) is 2.72. The van der Waals surface area contributed by atoms with Crippen LogP contribution in [0.3, 0.4) is 0 Å². The highest BCUT2D eigenvalue weighted by molar-refractivity contribution is 6.10. The minimum absolute atomic E-state index is 0.103. The highest BCUT2D eigenvalue weighted by Gasteiger charge is 2.50. The summed E-state index contributed by atoms with van der Waals surface area (Å²) in [4.78, 5) is 40.4. The molecule has 0 aromatic heterocycles. The molecule has 2 heterocycles. The van der Waals surface area contributed by atoms with Gasteiger partial charge in [-0.3, -0.25) is 14.5 Å². The zero-order valence-corrected chi connectivity index (χ0v) is 15.0. The molecule has 4 rings (SSSR count). The normalized spacial score (nSPS) is 21.1. The predicted molar refractivity (Wildman–Crippen MR) is 96.5 cm³/mol. The molecule has 2 aliphatic heterocycles. The van der Waals surface area contributed by atoms with Crippen molar-refractivity contribution in [3.63, 3.8) is 0 Å². The van der Waals surface area contributed by atoms with Crippen molar-refractivity contribution < 1.29 is 23.2 Å². The van der Waals surface area contributed by atoms with E-state index in [9.17, 15) is 23.2 Å². The maximum atomic E-state index is 13.6. The lowest BCUT2D eigenvalue weighted by Gasteiger charge is -2.23. The van der Waals surface area contributed by atoms with E-state index >= 15 is 0 Å². The number of carbonyl (C=O) groups excluding carboxylic acids is 3. The highest BCUT2D eigenvalue weighted by Crippen LogP contribution is 2.31. The lowest BCUT2D eigenvalue weighted by Crippen LogP contribution is -2.44. The molecule has 0 spiro atoms. The molecule has 28 heavy (non-hydrogen) atoms. The molecule has 8 heteroatoms. The van der Waals surface area contributed by atoms with Crippen LogP contribution in [0.15, 0.2) is 42.5 Å². The Morgan fingerprint density at radius 3 is 2.64 bits per heavy atom. The van der Waals surface area contributed by atoms with Gasteiger partial charge in [-0.1, -0.05) is 24.3 Å². The number of fused-ring (bicyclic) bond motifs is 1. The number of imide groups is 1. The average molecular weight is 385 g/mol. The minimum Gasteiger partial charge on any atom is -0.319 e. The van der Waals surface area contributed by atoms with Gasteiger partial charge in [-0.2, -0.15) is 0 Å². The number of benzene rings is 2. The van der Waals surface area contributed by atoms with Gasteiger partial charge in [-0.25, -0.2) is 13.6 Å². The molecule has 0 radical (unpaired) electrons. The summed E-state index contributed by atoms with van der Waals surface area (Å²) in [7, 11) is 0. The Morgan fingerprint density at radius 2 is 1.89 bits per heavy atom. The lowest BCUT2D eigenvalue weighted by molar-refractivity contribution is -0.134. The maximum absolute atomic E-state index is 13.6. The second-order valence-corrected chi connectivity index (χ2v) is 7.00. The number of urea groups is 1. The Hall–Kier alpha value is -3.29. The molecule has 1 fully saturated rings. The van der Waals surface area contributed by atoms with E-state index in [-0.39, 0.29) is 11.5 Å². The monoisotopic (exact) mass is 385 g/mol. The van der Waals surface area contributed by atoms with Gasteiger partial charge >= 0.3 is 6.03 Å². The molecular formula is C20H17F2N3O3. The van der Waals surface area contributed by atoms with Gasteiger partial charge in [0.05, 0.1) is 0 Å². The second-order valence-electron chi connectivity index (χ2n) is 7.00. The molecule has 2 aliphatic rings. The summed E-state index contributed by atoms with van der Waals surface area (Å²) in [6.07, 6.45) is 0.703. The molecular weight excluding hydrogens is 368 g/mol. The number of rotatable bonds is 3. The van der Waals surface area contributed by atoms with E-state index in [1.165, 1.54) is 13.0 Å². The third-order valence-corrected chi connectivity index (χ3v) is 5.25. The Morgan fingerprint density at radius 1 is 1.14 bits per heavy atom. The maximum Gasteiger partial charge on any atom is 0.325 e. The molecule has 0 saturated carbocycles. The Bertz CT molecular complexity index is 1010. The molecule has 1 N–H and O–H groups in total. The SMILES string of the molecule is CC1(c2ccc(F)c(F)c2)NC(=O)N(CC(=O)N2CCc3ccccc32)C1=O. The number of amides is 4. The third-order valence-electron chi connectivity index (χ3n) is 5.25. The van der Waals surface area contributed by atoms with Crippen molar-refractivity contribution in [2.75, 3.05) is 18.0 Å². The van der Waals surface area contributed by atoms with E-state index in [1.807, 2.05) is 24.3 Å². The van der Waals surface area contributed by atoms with Crippen molar-refractivity contribution in [1.82, 2.24) is 10.2 Å². The summed E-state index contributed by atoms with van der Waals surface area (Å²) in [5.41, 5.74) is 0.322. The zero-order valence-electron chi connectivity index (χ0n) is 15.0. The van der Waals surface area contributed by atoms with Crippen molar-refractivity contribution in [1.29, 1.82) is 0 Å². The molecule has 2 aromatic carbocycles. The predicted octanol–water partition coefficient (Wildman–Crippen LogP) is 2.32. The summed E-state index contributed by atoms with van der Waals surface area (Å²) in [5.74, 6) is -3.25. The quantitative estimate of drug-likeness (QED) is 0.825. The molecule has 1 unspecified atom stereocenters. The highest BCUT2D eigenvalue weighted by atomic mass is 19.2. The minimum atomic E-state index is -1.57. The number of nitrogens with one attached hydrogen (secondary N) is 1. The van der Waals surface area contributed by atoms with Crippen LogP contribution < -0.4 is 10.2 Å². The zero-order chi connectivity index (χ0) is 20.1. The molecule has 0 aliphatic carbocycles. The fraction of sp³-hybridized carbons (Fsp3) is 0.250. The Kier molecular flexibility index (Phi) is 4.14. The van der Waals surface area contributed by atoms with Crippen LogP contribution in [0.2, 0.25) is 0 Å². The Balaban J connectivity index is 1.56. The first-order valence-electron chi connectivity index (χ1n) is 8.79. The van der Waals surface area contributed by atoms with Crippen molar-refractivity contribution in [2.24, 2.45) is 0 Å². The second kappa shape index (κ2) is 6.40. The topological polar surface area (TPSA) is 69.7 Å². The summed E-state index contributed by atoms with van der Waals surface area (Å²) in [5, 5.41) is 2.49. The van der Waals surface area contributed by atoms with E-state index < -0.39 is 35.7 Å². The van der Waals surface area contributed by atoms with Crippen LogP contribution >= 0.6 is 0 Å². The summed E-state index contributed by atoms with van der Waals surface area (Å²) >= 11 is 0. The van der Waals surface area contributed by atoms with Gasteiger partial charge in [0.25, 0.3) is 5.91 Å². The van der Waals surface area contributed by atoms with Crippen LogP contribution in [0.5, 0.6) is 0 Å². The standard InChI is InChI=1S/C20H17F2N3O3/c1-20(13-6-7-14(21)15(22)10-13)18(27)25(19(28)23-20)11-17(26)24-9-8-12-4-2-3-5-16(12)24/h2-7,10H,8-9,11H2,1H3,(H,23,28). The van der Waals surface area contributed by atoms with Crippen LogP contribution in [-0.2, 0) is 21.5 Å². The van der Waals surface area contributed by atoms with Crippen molar-refractivity contribution in [2.45, 2.75) is 18.9 Å². The number of nitrogens with zero attached hydrogens (tertiary/aromatic N) is 2. The van der Waals surface area contributed by atoms with E-state index in [0.717, 1.165) is 28.3 Å². The smallest absolute Gasteiger partial charge is 0.319 e. The summed E-state index contributed by atoms with van der Waals surface area (Å²) in [6, 6.07) is 9.69. The van der Waals surface area contributed by atoms with Gasteiger partial charge in [0.1, 0.15) is 12.1 Å². The largest absolute Gasteiger partial charge is 0.325 e.